The standard InChI is InChI=1S/C42H35N3/c1-3-42(4-2,35-26-22-31(23-27-35)38-21-13-19-30-14-11-12-20-37(30)38)36-28-24-34(25-29-36)41-44-39(32-15-7-5-8-16-32)43-40(45-41)33-17-9-6-10-18-33/h5-29H,3-4H2,1-2H3. The van der Waals surface area contributed by atoms with Gasteiger partial charge in [0.25, 0.3) is 0 Å². The Balaban J connectivity index is 1.25. The summed E-state index contributed by atoms with van der Waals surface area (Å²) in [5.74, 6) is 2.02. The molecule has 1 heterocycles. The maximum absolute atomic E-state index is 4.93. The summed E-state index contributed by atoms with van der Waals surface area (Å²) in [5, 5.41) is 2.55. The molecule has 218 valence electrons. The third kappa shape index (κ3) is 5.42. The third-order valence-corrected chi connectivity index (χ3v) is 9.14. The highest BCUT2D eigenvalue weighted by Crippen LogP contribution is 2.40. The third-order valence-electron chi connectivity index (χ3n) is 9.14. The van der Waals surface area contributed by atoms with Gasteiger partial charge >= 0.3 is 0 Å². The number of nitrogens with zero attached hydrogens (tertiary/aromatic N) is 3. The van der Waals surface area contributed by atoms with Gasteiger partial charge < -0.3 is 0 Å². The molecule has 7 rings (SSSR count). The SMILES string of the molecule is CCC(CC)(c1ccc(-c2nc(-c3ccccc3)nc(-c3ccccc3)n2)cc1)c1ccc(-c2cccc3ccccc23)cc1. The van der Waals surface area contributed by atoms with Crippen LogP contribution < -0.4 is 0 Å². The van der Waals surface area contributed by atoms with E-state index in [2.05, 4.69) is 105 Å². The summed E-state index contributed by atoms with van der Waals surface area (Å²) in [6.45, 7) is 4.58. The second-order valence-electron chi connectivity index (χ2n) is 11.5. The Bertz CT molecular complexity index is 1980. The zero-order chi connectivity index (χ0) is 30.6. The van der Waals surface area contributed by atoms with Crippen LogP contribution in [0.15, 0.2) is 152 Å². The molecule has 7 aromatic rings. The van der Waals surface area contributed by atoms with Crippen LogP contribution >= 0.6 is 0 Å². The average Bonchev–Trinajstić information content (AvgIpc) is 3.13. The lowest BCUT2D eigenvalue weighted by Gasteiger charge is -2.33. The zero-order valence-electron chi connectivity index (χ0n) is 25.7. The average molecular weight is 582 g/mol. The van der Waals surface area contributed by atoms with Crippen LogP contribution in [0, 0.1) is 0 Å². The molecule has 0 aliphatic carbocycles. The van der Waals surface area contributed by atoms with E-state index in [1.165, 1.54) is 33.0 Å². The van der Waals surface area contributed by atoms with Gasteiger partial charge in [0.15, 0.2) is 17.5 Å². The quantitative estimate of drug-likeness (QED) is 0.179. The molecule has 6 aromatic carbocycles. The molecule has 0 saturated carbocycles. The lowest BCUT2D eigenvalue weighted by atomic mass is 9.70. The van der Waals surface area contributed by atoms with E-state index >= 15 is 0 Å². The van der Waals surface area contributed by atoms with E-state index in [0.29, 0.717) is 17.5 Å². The summed E-state index contributed by atoms with van der Waals surface area (Å²) in [6, 6.07) is 53.4. The highest BCUT2D eigenvalue weighted by Gasteiger charge is 2.30. The molecule has 0 saturated heterocycles. The van der Waals surface area contributed by atoms with Gasteiger partial charge in [-0.1, -0.05) is 166 Å². The molecule has 0 fully saturated rings. The summed E-state index contributed by atoms with van der Waals surface area (Å²) >= 11 is 0. The minimum atomic E-state index is -0.0979. The van der Waals surface area contributed by atoms with Crippen molar-refractivity contribution in [2.24, 2.45) is 0 Å². The topological polar surface area (TPSA) is 38.7 Å². The predicted octanol–water partition coefficient (Wildman–Crippen LogP) is 10.8. The first-order valence-corrected chi connectivity index (χ1v) is 15.7. The Morgan fingerprint density at radius 2 is 0.822 bits per heavy atom. The smallest absolute Gasteiger partial charge is 0.164 e. The van der Waals surface area contributed by atoms with Gasteiger partial charge in [0, 0.05) is 22.1 Å². The van der Waals surface area contributed by atoms with Crippen LogP contribution in [0.1, 0.15) is 37.8 Å². The molecule has 0 spiro atoms. The van der Waals surface area contributed by atoms with Gasteiger partial charge in [-0.05, 0) is 45.9 Å². The van der Waals surface area contributed by atoms with Crippen LogP contribution in [-0.2, 0) is 5.41 Å². The minimum absolute atomic E-state index is 0.0979. The van der Waals surface area contributed by atoms with Crippen LogP contribution in [0.4, 0.5) is 0 Å². The highest BCUT2D eigenvalue weighted by atomic mass is 15.0. The largest absolute Gasteiger partial charge is 0.208 e. The first-order valence-electron chi connectivity index (χ1n) is 15.7. The molecule has 0 amide bonds. The fourth-order valence-corrected chi connectivity index (χ4v) is 6.56. The van der Waals surface area contributed by atoms with Gasteiger partial charge in [-0.2, -0.15) is 0 Å². The molecular weight excluding hydrogens is 546 g/mol. The molecule has 45 heavy (non-hydrogen) atoms. The first-order chi connectivity index (χ1) is 22.2. The fraction of sp³-hybridized carbons (Fsp3) is 0.119. The van der Waals surface area contributed by atoms with Crippen molar-refractivity contribution in [2.75, 3.05) is 0 Å². The van der Waals surface area contributed by atoms with E-state index in [1.54, 1.807) is 0 Å². The number of fused-ring (bicyclic) bond motifs is 1. The van der Waals surface area contributed by atoms with Crippen LogP contribution in [0.5, 0.6) is 0 Å². The molecule has 0 aliphatic heterocycles. The summed E-state index contributed by atoms with van der Waals surface area (Å²) in [6.07, 6.45) is 2.00. The molecule has 0 unspecified atom stereocenters. The number of aromatic nitrogens is 3. The van der Waals surface area contributed by atoms with Crippen molar-refractivity contribution >= 4 is 10.8 Å². The van der Waals surface area contributed by atoms with E-state index in [4.69, 9.17) is 15.0 Å². The summed E-state index contributed by atoms with van der Waals surface area (Å²) in [7, 11) is 0. The van der Waals surface area contributed by atoms with Crippen LogP contribution in [0.2, 0.25) is 0 Å². The normalized spacial score (nSPS) is 11.5. The van der Waals surface area contributed by atoms with E-state index in [1.807, 2.05) is 60.7 Å². The van der Waals surface area contributed by atoms with Crippen LogP contribution in [-0.4, -0.2) is 15.0 Å². The van der Waals surface area contributed by atoms with Crippen LogP contribution in [0.25, 0.3) is 56.1 Å². The lowest BCUT2D eigenvalue weighted by Crippen LogP contribution is -2.26. The summed E-state index contributed by atoms with van der Waals surface area (Å²) in [5.41, 5.74) is 7.96. The molecule has 1 aromatic heterocycles. The first kappa shape index (κ1) is 28.4. The van der Waals surface area contributed by atoms with E-state index in [0.717, 1.165) is 29.5 Å². The second-order valence-corrected chi connectivity index (χ2v) is 11.5. The predicted molar refractivity (Wildman–Crippen MR) is 187 cm³/mol. The molecule has 0 aliphatic rings. The van der Waals surface area contributed by atoms with Crippen molar-refractivity contribution in [3.63, 3.8) is 0 Å². The van der Waals surface area contributed by atoms with E-state index < -0.39 is 0 Å². The summed E-state index contributed by atoms with van der Waals surface area (Å²) < 4.78 is 0. The maximum atomic E-state index is 4.93. The monoisotopic (exact) mass is 581 g/mol. The Labute approximate surface area is 265 Å². The zero-order valence-corrected chi connectivity index (χ0v) is 25.7. The Hall–Kier alpha value is -5.41. The van der Waals surface area contributed by atoms with Crippen molar-refractivity contribution in [1.82, 2.24) is 15.0 Å². The van der Waals surface area contributed by atoms with Gasteiger partial charge in [-0.15, -0.1) is 0 Å². The van der Waals surface area contributed by atoms with Gasteiger partial charge in [0.2, 0.25) is 0 Å². The molecule has 3 nitrogen and oxygen atoms in total. The molecule has 0 radical (unpaired) electrons. The molecular formula is C42H35N3. The molecule has 0 N–H and O–H groups in total. The van der Waals surface area contributed by atoms with Gasteiger partial charge in [0.05, 0.1) is 0 Å². The molecule has 3 heteroatoms. The molecule has 0 atom stereocenters. The second kappa shape index (κ2) is 12.3. The van der Waals surface area contributed by atoms with Gasteiger partial charge in [-0.25, -0.2) is 15.0 Å². The fourth-order valence-electron chi connectivity index (χ4n) is 6.56. The van der Waals surface area contributed by atoms with Crippen molar-refractivity contribution < 1.29 is 0 Å². The maximum Gasteiger partial charge on any atom is 0.164 e. The van der Waals surface area contributed by atoms with E-state index in [-0.39, 0.29) is 5.41 Å². The van der Waals surface area contributed by atoms with Crippen LogP contribution in [0.3, 0.4) is 0 Å². The van der Waals surface area contributed by atoms with Crippen molar-refractivity contribution in [3.8, 4) is 45.3 Å². The highest BCUT2D eigenvalue weighted by molar-refractivity contribution is 5.96. The van der Waals surface area contributed by atoms with Crippen molar-refractivity contribution in [2.45, 2.75) is 32.1 Å². The number of rotatable bonds is 8. The van der Waals surface area contributed by atoms with Gasteiger partial charge in [0.1, 0.15) is 0 Å². The number of benzene rings is 6. The van der Waals surface area contributed by atoms with Crippen molar-refractivity contribution in [3.05, 3.63) is 163 Å². The Morgan fingerprint density at radius 1 is 0.400 bits per heavy atom. The lowest BCUT2D eigenvalue weighted by molar-refractivity contribution is 0.478. The Morgan fingerprint density at radius 3 is 1.33 bits per heavy atom. The number of hydrogen-bond acceptors (Lipinski definition) is 3. The minimum Gasteiger partial charge on any atom is -0.208 e. The Kier molecular flexibility index (Phi) is 7.75. The van der Waals surface area contributed by atoms with Crippen molar-refractivity contribution in [1.29, 1.82) is 0 Å². The summed E-state index contributed by atoms with van der Waals surface area (Å²) in [4.78, 5) is 14.7. The van der Waals surface area contributed by atoms with E-state index in [9.17, 15) is 0 Å². The van der Waals surface area contributed by atoms with Gasteiger partial charge in [-0.3, -0.25) is 0 Å². The molecule has 0 bridgehead atoms. The number of hydrogen-bond donors (Lipinski definition) is 0.